The average Bonchev–Trinajstić information content (AvgIpc) is 3.27. The average molecular weight is 430 g/mol. The van der Waals surface area contributed by atoms with Crippen molar-refractivity contribution >= 4 is 26.3 Å². The van der Waals surface area contributed by atoms with Crippen LogP contribution in [0.4, 0.5) is 14.5 Å². The molecule has 30 heavy (non-hydrogen) atoms. The van der Waals surface area contributed by atoms with Crippen molar-refractivity contribution in [1.82, 2.24) is 4.98 Å². The van der Waals surface area contributed by atoms with Crippen molar-refractivity contribution in [3.8, 4) is 11.3 Å². The number of nitrogens with zero attached hydrogens (tertiary/aromatic N) is 1. The molecule has 7 heteroatoms. The minimum Gasteiger partial charge on any atom is -0.365 e. The lowest BCUT2D eigenvalue weighted by Crippen LogP contribution is -2.25. The van der Waals surface area contributed by atoms with Crippen LogP contribution in [0, 0.1) is 10.7 Å². The second kappa shape index (κ2) is 7.08. The first-order chi connectivity index (χ1) is 14.3. The molecule has 1 saturated heterocycles. The third kappa shape index (κ3) is 3.60. The summed E-state index contributed by atoms with van der Waals surface area (Å²) in [5.41, 5.74) is 3.18. The van der Waals surface area contributed by atoms with Crippen LogP contribution >= 0.6 is 0 Å². The molecule has 0 radical (unpaired) electrons. The molecule has 4 nitrogen and oxygen atoms in total. The van der Waals surface area contributed by atoms with Crippen LogP contribution in [-0.2, 0) is 9.73 Å². The highest BCUT2D eigenvalue weighted by atomic mass is 32.2. The molecule has 2 fully saturated rings. The highest BCUT2D eigenvalue weighted by Gasteiger charge is 2.39. The number of benzene rings is 2. The van der Waals surface area contributed by atoms with E-state index in [2.05, 4.69) is 4.98 Å². The number of anilines is 1. The van der Waals surface area contributed by atoms with Crippen molar-refractivity contribution in [1.29, 1.82) is 4.78 Å². The first-order valence-electron chi connectivity index (χ1n) is 10.4. The van der Waals surface area contributed by atoms with Gasteiger partial charge in [0, 0.05) is 51.5 Å². The van der Waals surface area contributed by atoms with E-state index in [1.54, 1.807) is 23.1 Å². The monoisotopic (exact) mass is 429 g/mol. The van der Waals surface area contributed by atoms with Crippen molar-refractivity contribution in [2.24, 2.45) is 5.92 Å². The fourth-order valence-electron chi connectivity index (χ4n) is 4.46. The third-order valence-corrected chi connectivity index (χ3v) is 8.33. The summed E-state index contributed by atoms with van der Waals surface area (Å²) in [4.78, 5) is 5.55. The van der Waals surface area contributed by atoms with Crippen LogP contribution in [0.3, 0.4) is 0 Å². The number of hydrogen-bond donors (Lipinski definition) is 2. The van der Waals surface area contributed by atoms with Gasteiger partial charge in [0.1, 0.15) is 0 Å². The molecule has 1 atom stereocenters. The van der Waals surface area contributed by atoms with Gasteiger partial charge < -0.3 is 9.88 Å². The van der Waals surface area contributed by atoms with Crippen molar-refractivity contribution in [3.63, 3.8) is 0 Å². The number of para-hydroxylation sites is 1. The van der Waals surface area contributed by atoms with E-state index >= 15 is 0 Å². The van der Waals surface area contributed by atoms with Crippen LogP contribution in [0.25, 0.3) is 22.2 Å². The van der Waals surface area contributed by atoms with E-state index in [0.29, 0.717) is 22.3 Å². The van der Waals surface area contributed by atoms with Gasteiger partial charge in [-0.05, 0) is 49.1 Å². The minimum atomic E-state index is -2.92. The Morgan fingerprint density at radius 2 is 1.97 bits per heavy atom. The first kappa shape index (κ1) is 19.5. The van der Waals surface area contributed by atoms with Gasteiger partial charge in [0.05, 0.1) is 16.3 Å². The van der Waals surface area contributed by atoms with E-state index in [9.17, 15) is 13.0 Å². The van der Waals surface area contributed by atoms with Crippen LogP contribution < -0.4 is 4.90 Å². The Hall–Kier alpha value is -2.41. The van der Waals surface area contributed by atoms with Crippen LogP contribution in [0.2, 0.25) is 0 Å². The Balaban J connectivity index is 1.60. The van der Waals surface area contributed by atoms with Gasteiger partial charge in [-0.1, -0.05) is 24.6 Å². The number of aromatic amines is 1. The molecule has 1 aliphatic heterocycles. The molecule has 1 unspecified atom stereocenters. The molecule has 5 rings (SSSR count). The molecule has 0 spiro atoms. The zero-order chi connectivity index (χ0) is 20.9. The van der Waals surface area contributed by atoms with Gasteiger partial charge >= 0.3 is 0 Å². The van der Waals surface area contributed by atoms with E-state index < -0.39 is 15.7 Å². The molecule has 0 amide bonds. The van der Waals surface area contributed by atoms with Crippen molar-refractivity contribution in [2.45, 2.75) is 36.5 Å². The predicted octanol–water partition coefficient (Wildman–Crippen LogP) is 5.89. The van der Waals surface area contributed by atoms with Gasteiger partial charge in [0.15, 0.2) is 0 Å². The number of halogens is 2. The summed E-state index contributed by atoms with van der Waals surface area (Å²) in [6.45, 7) is -0.0458. The molecule has 3 aromatic rings. The standard InChI is InChI=1S/C23H25F2N3OS/c24-23(25)10-11-28(15-23)22-9-8-18(30(26,29)14-16-4-3-5-16)13-19(22)21-12-17-6-1-2-7-20(17)27-21/h1-2,6-9,12-13,16,26-27H,3-5,10-11,14-15H2. The van der Waals surface area contributed by atoms with Crippen molar-refractivity contribution in [3.05, 3.63) is 48.5 Å². The number of nitrogens with one attached hydrogen (secondary N) is 2. The lowest BCUT2D eigenvalue weighted by atomic mass is 9.87. The molecule has 2 N–H and O–H groups in total. The Bertz CT molecular complexity index is 1170. The van der Waals surface area contributed by atoms with Crippen molar-refractivity contribution < 1.29 is 13.0 Å². The largest absolute Gasteiger partial charge is 0.365 e. The molecule has 2 aromatic carbocycles. The summed E-state index contributed by atoms with van der Waals surface area (Å²) in [7, 11) is -2.92. The Morgan fingerprint density at radius 1 is 1.17 bits per heavy atom. The number of H-pyrrole nitrogens is 1. The maximum absolute atomic E-state index is 13.9. The van der Waals surface area contributed by atoms with E-state index in [0.717, 1.165) is 41.4 Å². The molecule has 1 saturated carbocycles. The maximum atomic E-state index is 13.9. The Labute approximate surface area is 175 Å². The van der Waals surface area contributed by atoms with Crippen LogP contribution in [0.5, 0.6) is 0 Å². The minimum absolute atomic E-state index is 0.169. The van der Waals surface area contributed by atoms with Gasteiger partial charge in [0.2, 0.25) is 0 Å². The SMILES string of the molecule is N=S(=O)(CC1CCC1)c1ccc(N2CCC(F)(F)C2)c(-c2cc3ccccc3[nH]2)c1. The zero-order valence-electron chi connectivity index (χ0n) is 16.7. The summed E-state index contributed by atoms with van der Waals surface area (Å²) in [6, 6.07) is 15.1. The fraction of sp³-hybridized carbons (Fsp3) is 0.391. The van der Waals surface area contributed by atoms with Gasteiger partial charge in [-0.25, -0.2) is 17.8 Å². The summed E-state index contributed by atoms with van der Waals surface area (Å²) in [5, 5.41) is 1.02. The van der Waals surface area contributed by atoms with Gasteiger partial charge in [-0.2, -0.15) is 0 Å². The number of rotatable bonds is 5. The number of alkyl halides is 2. The van der Waals surface area contributed by atoms with Crippen molar-refractivity contribution in [2.75, 3.05) is 23.7 Å². The highest BCUT2D eigenvalue weighted by Crippen LogP contribution is 2.39. The molecule has 2 aliphatic rings. The Morgan fingerprint density at radius 3 is 2.63 bits per heavy atom. The highest BCUT2D eigenvalue weighted by molar-refractivity contribution is 7.92. The van der Waals surface area contributed by atoms with E-state index in [4.69, 9.17) is 4.78 Å². The smallest absolute Gasteiger partial charge is 0.266 e. The quantitative estimate of drug-likeness (QED) is 0.532. The Kier molecular flexibility index (Phi) is 4.61. The fourth-order valence-corrected chi connectivity index (χ4v) is 6.25. The van der Waals surface area contributed by atoms with E-state index in [1.165, 1.54) is 0 Å². The van der Waals surface area contributed by atoms with Crippen LogP contribution in [0.15, 0.2) is 53.4 Å². The second-order valence-electron chi connectivity index (χ2n) is 8.62. The van der Waals surface area contributed by atoms with Gasteiger partial charge in [0.25, 0.3) is 5.92 Å². The summed E-state index contributed by atoms with van der Waals surface area (Å²) < 4.78 is 49.6. The lowest BCUT2D eigenvalue weighted by Gasteiger charge is -2.27. The van der Waals surface area contributed by atoms with Crippen LogP contribution in [0.1, 0.15) is 25.7 Å². The molecule has 0 bridgehead atoms. The lowest BCUT2D eigenvalue weighted by molar-refractivity contribution is 0.0257. The normalized spacial score (nSPS) is 20.9. The predicted molar refractivity (Wildman–Crippen MR) is 117 cm³/mol. The van der Waals surface area contributed by atoms with E-state index in [-0.39, 0.29) is 19.5 Å². The van der Waals surface area contributed by atoms with Gasteiger partial charge in [-0.15, -0.1) is 0 Å². The molecule has 2 heterocycles. The molecule has 1 aliphatic carbocycles. The molecule has 1 aromatic heterocycles. The van der Waals surface area contributed by atoms with E-state index in [1.807, 2.05) is 30.3 Å². The summed E-state index contributed by atoms with van der Waals surface area (Å²) >= 11 is 0. The maximum Gasteiger partial charge on any atom is 0.266 e. The topological polar surface area (TPSA) is 60.0 Å². The van der Waals surface area contributed by atoms with Gasteiger partial charge in [-0.3, -0.25) is 0 Å². The number of aromatic nitrogens is 1. The summed E-state index contributed by atoms with van der Waals surface area (Å²) in [5.74, 6) is -1.98. The molecular weight excluding hydrogens is 404 g/mol. The van der Waals surface area contributed by atoms with Crippen LogP contribution in [-0.4, -0.2) is 34.0 Å². The summed E-state index contributed by atoms with van der Waals surface area (Å²) in [6.07, 6.45) is 3.04. The molecule has 158 valence electrons. The third-order valence-electron chi connectivity index (χ3n) is 6.37. The first-order valence-corrected chi connectivity index (χ1v) is 12.1. The number of fused-ring (bicyclic) bond motifs is 1. The molecular formula is C23H25F2N3OS. The number of hydrogen-bond acceptors (Lipinski definition) is 3. The zero-order valence-corrected chi connectivity index (χ0v) is 17.5. The second-order valence-corrected chi connectivity index (χ2v) is 10.8.